The molecule has 0 heterocycles. The topological polar surface area (TPSA) is 117 Å². The fraction of sp³-hybridized carbons (Fsp3) is 0.706. The van der Waals surface area contributed by atoms with Crippen LogP contribution in [0.1, 0.15) is 26.2 Å². The third kappa shape index (κ3) is 15.3. The molecular weight excluding hydrogens is 322 g/mol. The van der Waals surface area contributed by atoms with Crippen LogP contribution in [0.2, 0.25) is 0 Å². The quantitative estimate of drug-likeness (QED) is 0.209. The van der Waals surface area contributed by atoms with Crippen molar-refractivity contribution in [1.29, 1.82) is 0 Å². The van der Waals surface area contributed by atoms with Crippen molar-refractivity contribution in [2.24, 2.45) is 5.73 Å². The Morgan fingerprint density at radius 1 is 0.960 bits per heavy atom. The maximum Gasteiger partial charge on any atom is 0.221 e. The van der Waals surface area contributed by atoms with Gasteiger partial charge in [-0.2, -0.15) is 0 Å². The maximum absolute atomic E-state index is 11.8. The van der Waals surface area contributed by atoms with Gasteiger partial charge in [0.1, 0.15) is 5.78 Å². The monoisotopic (exact) mass is 353 g/mol. The van der Waals surface area contributed by atoms with Crippen molar-refractivity contribution < 1.29 is 14.4 Å². The highest BCUT2D eigenvalue weighted by Gasteiger charge is 2.09. The van der Waals surface area contributed by atoms with E-state index >= 15 is 0 Å². The smallest absolute Gasteiger partial charge is 0.221 e. The molecule has 0 atom stereocenters. The van der Waals surface area contributed by atoms with Crippen LogP contribution in [-0.2, 0) is 14.4 Å². The Labute approximate surface area is 150 Å². The highest BCUT2D eigenvalue weighted by molar-refractivity contribution is 5.76. The van der Waals surface area contributed by atoms with E-state index in [1.807, 2.05) is 4.90 Å². The molecule has 25 heavy (non-hydrogen) atoms. The summed E-state index contributed by atoms with van der Waals surface area (Å²) in [4.78, 5) is 36.0. The second kappa shape index (κ2) is 15.6. The molecule has 0 radical (unpaired) electrons. The maximum atomic E-state index is 11.8. The third-order valence-corrected chi connectivity index (χ3v) is 3.37. The lowest BCUT2D eigenvalue weighted by molar-refractivity contribution is -0.121. The van der Waals surface area contributed by atoms with Crippen molar-refractivity contribution in [2.45, 2.75) is 26.2 Å². The average Bonchev–Trinajstić information content (AvgIpc) is 2.58. The summed E-state index contributed by atoms with van der Waals surface area (Å²) >= 11 is 0. The molecule has 0 aromatic heterocycles. The lowest BCUT2D eigenvalue weighted by Crippen LogP contribution is -2.37. The Hall–Kier alpha value is -1.95. The molecule has 2 amide bonds. The summed E-state index contributed by atoms with van der Waals surface area (Å²) in [7, 11) is 0. The molecule has 0 aromatic rings. The molecule has 0 aliphatic heterocycles. The van der Waals surface area contributed by atoms with Gasteiger partial charge in [-0.1, -0.05) is 5.92 Å². The molecule has 0 unspecified atom stereocenters. The number of ketones is 1. The number of Topliss-reactive ketones (excluding diaryl/α,β-unsaturated/α-hetero) is 1. The molecule has 0 aliphatic carbocycles. The second-order valence-electron chi connectivity index (χ2n) is 5.67. The number of carbonyl (C=O) groups is 3. The van der Waals surface area contributed by atoms with Gasteiger partial charge in [-0.05, 0) is 6.92 Å². The van der Waals surface area contributed by atoms with Crippen LogP contribution >= 0.6 is 0 Å². The molecule has 142 valence electrons. The summed E-state index contributed by atoms with van der Waals surface area (Å²) in [5.74, 6) is 2.54. The second-order valence-corrected chi connectivity index (χ2v) is 5.67. The highest BCUT2D eigenvalue weighted by Crippen LogP contribution is 1.94. The van der Waals surface area contributed by atoms with E-state index in [0.717, 1.165) is 0 Å². The number of terminal acetylenes is 1. The zero-order valence-electron chi connectivity index (χ0n) is 15.1. The predicted molar refractivity (Wildman–Crippen MR) is 97.7 cm³/mol. The van der Waals surface area contributed by atoms with Gasteiger partial charge in [0, 0.05) is 65.1 Å². The van der Waals surface area contributed by atoms with Crippen molar-refractivity contribution in [1.82, 2.24) is 20.9 Å². The molecule has 5 N–H and O–H groups in total. The number of nitrogens with zero attached hydrogens (tertiary/aromatic N) is 1. The number of rotatable bonds is 15. The summed E-state index contributed by atoms with van der Waals surface area (Å²) in [6.07, 6.45) is 6.46. The van der Waals surface area contributed by atoms with Gasteiger partial charge >= 0.3 is 0 Å². The first-order valence-electron chi connectivity index (χ1n) is 8.59. The summed E-state index contributed by atoms with van der Waals surface area (Å²) in [6.45, 7) is 5.55. The molecule has 8 heteroatoms. The molecule has 0 saturated heterocycles. The number of nitrogens with one attached hydrogen (secondary N) is 3. The van der Waals surface area contributed by atoms with Gasteiger partial charge in [-0.25, -0.2) is 0 Å². The van der Waals surface area contributed by atoms with Crippen molar-refractivity contribution >= 4 is 17.6 Å². The number of hydrogen-bond donors (Lipinski definition) is 4. The molecule has 0 aromatic carbocycles. The van der Waals surface area contributed by atoms with Gasteiger partial charge in [0.05, 0.1) is 6.54 Å². The van der Waals surface area contributed by atoms with Gasteiger partial charge in [-0.15, -0.1) is 6.42 Å². The molecule has 0 saturated carbocycles. The number of amides is 2. The van der Waals surface area contributed by atoms with Gasteiger partial charge in [-0.3, -0.25) is 19.3 Å². The SMILES string of the molecule is C#CCN(CCC(=O)NCCN)CCC(=O)NCCNCCC(C)=O. The Morgan fingerprint density at radius 3 is 2.08 bits per heavy atom. The van der Waals surface area contributed by atoms with Crippen molar-refractivity contribution in [2.75, 3.05) is 52.4 Å². The minimum Gasteiger partial charge on any atom is -0.355 e. The van der Waals surface area contributed by atoms with Crippen LogP contribution in [0.3, 0.4) is 0 Å². The molecular formula is C17H31N5O3. The lowest BCUT2D eigenvalue weighted by atomic mass is 10.3. The zero-order valence-corrected chi connectivity index (χ0v) is 15.1. The van der Waals surface area contributed by atoms with E-state index in [1.165, 1.54) is 0 Å². The van der Waals surface area contributed by atoms with Crippen LogP contribution in [-0.4, -0.2) is 74.9 Å². The highest BCUT2D eigenvalue weighted by atomic mass is 16.2. The number of carbonyl (C=O) groups excluding carboxylic acids is 3. The van der Waals surface area contributed by atoms with Crippen LogP contribution in [0.5, 0.6) is 0 Å². The average molecular weight is 353 g/mol. The largest absolute Gasteiger partial charge is 0.355 e. The van der Waals surface area contributed by atoms with Crippen LogP contribution in [0.15, 0.2) is 0 Å². The summed E-state index contributed by atoms with van der Waals surface area (Å²) < 4.78 is 0. The Bertz CT molecular complexity index is 448. The normalized spacial score (nSPS) is 10.3. The van der Waals surface area contributed by atoms with Crippen molar-refractivity contribution in [3.05, 3.63) is 0 Å². The van der Waals surface area contributed by atoms with Crippen molar-refractivity contribution in [3.8, 4) is 12.3 Å². The molecule has 0 rings (SSSR count). The summed E-state index contributed by atoms with van der Waals surface area (Å²) in [6, 6.07) is 0. The Morgan fingerprint density at radius 2 is 1.56 bits per heavy atom. The summed E-state index contributed by atoms with van der Waals surface area (Å²) in [5.41, 5.74) is 5.33. The molecule has 0 fully saturated rings. The number of hydrogen-bond acceptors (Lipinski definition) is 6. The van der Waals surface area contributed by atoms with E-state index in [2.05, 4.69) is 21.9 Å². The molecule has 0 aliphatic rings. The van der Waals surface area contributed by atoms with E-state index in [0.29, 0.717) is 71.6 Å². The fourth-order valence-electron chi connectivity index (χ4n) is 1.99. The predicted octanol–water partition coefficient (Wildman–Crippen LogP) is -1.54. The first kappa shape index (κ1) is 23.1. The minimum absolute atomic E-state index is 0.0667. The molecule has 8 nitrogen and oxygen atoms in total. The van der Waals surface area contributed by atoms with Crippen LogP contribution < -0.4 is 21.7 Å². The van der Waals surface area contributed by atoms with Crippen molar-refractivity contribution in [3.63, 3.8) is 0 Å². The van der Waals surface area contributed by atoms with E-state index in [1.54, 1.807) is 6.92 Å². The summed E-state index contributed by atoms with van der Waals surface area (Å²) in [5, 5.41) is 8.58. The Balaban J connectivity index is 3.85. The van der Waals surface area contributed by atoms with Gasteiger partial charge < -0.3 is 21.7 Å². The van der Waals surface area contributed by atoms with Crippen LogP contribution in [0.4, 0.5) is 0 Å². The van der Waals surface area contributed by atoms with E-state index in [9.17, 15) is 14.4 Å². The molecule has 0 spiro atoms. The fourth-order valence-corrected chi connectivity index (χ4v) is 1.99. The van der Waals surface area contributed by atoms with Gasteiger partial charge in [0.25, 0.3) is 0 Å². The van der Waals surface area contributed by atoms with Crippen LogP contribution in [0.25, 0.3) is 0 Å². The number of nitrogens with two attached hydrogens (primary N) is 1. The van der Waals surface area contributed by atoms with Gasteiger partial charge in [0.2, 0.25) is 11.8 Å². The minimum atomic E-state index is -0.0754. The third-order valence-electron chi connectivity index (χ3n) is 3.37. The standard InChI is InChI=1S/C17H31N5O3/c1-3-12-22(13-5-16(24)20-9-7-18)14-6-17(25)21-11-10-19-8-4-15(2)23/h1,19H,4-14,18H2,2H3,(H,20,24)(H,21,25). The Kier molecular flexibility index (Phi) is 14.4. The molecule has 0 bridgehead atoms. The zero-order chi connectivity index (χ0) is 18.9. The van der Waals surface area contributed by atoms with Crippen LogP contribution in [0, 0.1) is 12.3 Å². The first-order chi connectivity index (χ1) is 12.0. The van der Waals surface area contributed by atoms with E-state index in [4.69, 9.17) is 12.2 Å². The first-order valence-corrected chi connectivity index (χ1v) is 8.59. The van der Waals surface area contributed by atoms with E-state index in [-0.39, 0.29) is 17.6 Å². The van der Waals surface area contributed by atoms with Gasteiger partial charge in [0.15, 0.2) is 0 Å². The lowest BCUT2D eigenvalue weighted by Gasteiger charge is -2.19. The van der Waals surface area contributed by atoms with E-state index < -0.39 is 0 Å².